The van der Waals surface area contributed by atoms with Crippen LogP contribution in [0.3, 0.4) is 0 Å². The molecule has 1 heterocycles. The molecule has 1 aromatic heterocycles. The van der Waals surface area contributed by atoms with Crippen LogP contribution in [-0.2, 0) is 0 Å². The molecule has 0 unspecified atom stereocenters. The van der Waals surface area contributed by atoms with Crippen molar-refractivity contribution in [1.82, 2.24) is 4.98 Å². The summed E-state index contributed by atoms with van der Waals surface area (Å²) in [4.78, 5) is 4.18. The van der Waals surface area contributed by atoms with E-state index in [1.165, 1.54) is 6.42 Å². The Bertz CT molecular complexity index is 374. The highest BCUT2D eigenvalue weighted by molar-refractivity contribution is 5.52. The van der Waals surface area contributed by atoms with Crippen LogP contribution in [0, 0.1) is 11.3 Å². The number of rotatable bonds is 2. The molecule has 0 atom stereocenters. The van der Waals surface area contributed by atoms with Crippen molar-refractivity contribution >= 4 is 5.82 Å². The van der Waals surface area contributed by atoms with E-state index in [0.29, 0.717) is 5.56 Å². The van der Waals surface area contributed by atoms with Crippen LogP contribution in [-0.4, -0.2) is 10.5 Å². The molecule has 0 aliphatic heterocycles. The van der Waals surface area contributed by atoms with E-state index in [2.05, 4.69) is 23.3 Å². The number of hydrogen-bond donors (Lipinski definition) is 1. The third-order valence-corrected chi connectivity index (χ3v) is 2.81. The van der Waals surface area contributed by atoms with Gasteiger partial charge in [-0.15, -0.1) is 0 Å². The molecule has 1 N–H and O–H groups in total. The number of nitrogens with one attached hydrogen (secondary N) is 1. The minimum atomic E-state index is 0.153. The maximum atomic E-state index is 8.88. The number of hydrogen-bond acceptors (Lipinski definition) is 3. The molecule has 72 valence electrons. The molecule has 1 aliphatic carbocycles. The minimum Gasteiger partial charge on any atom is -0.364 e. The number of aromatic nitrogens is 1. The summed E-state index contributed by atoms with van der Waals surface area (Å²) in [5.74, 6) is 0.720. The first-order chi connectivity index (χ1) is 6.73. The van der Waals surface area contributed by atoms with Gasteiger partial charge in [0.25, 0.3) is 0 Å². The van der Waals surface area contributed by atoms with Crippen LogP contribution in [0.25, 0.3) is 0 Å². The fourth-order valence-corrected chi connectivity index (χ4v) is 1.71. The quantitative estimate of drug-likeness (QED) is 0.772. The van der Waals surface area contributed by atoms with E-state index in [0.717, 1.165) is 18.7 Å². The van der Waals surface area contributed by atoms with Gasteiger partial charge < -0.3 is 5.32 Å². The highest BCUT2D eigenvalue weighted by atomic mass is 15.1. The number of nitrogens with zero attached hydrogens (tertiary/aromatic N) is 2. The van der Waals surface area contributed by atoms with Gasteiger partial charge >= 0.3 is 0 Å². The van der Waals surface area contributed by atoms with Gasteiger partial charge in [-0.25, -0.2) is 4.98 Å². The first kappa shape index (κ1) is 9.01. The van der Waals surface area contributed by atoms with Gasteiger partial charge in [0.15, 0.2) is 0 Å². The largest absolute Gasteiger partial charge is 0.364 e. The van der Waals surface area contributed by atoms with Crippen molar-refractivity contribution in [2.45, 2.75) is 31.7 Å². The van der Waals surface area contributed by atoms with Crippen LogP contribution in [0.15, 0.2) is 18.3 Å². The lowest BCUT2D eigenvalue weighted by atomic mass is 9.78. The molecule has 3 heteroatoms. The van der Waals surface area contributed by atoms with Gasteiger partial charge in [-0.2, -0.15) is 5.26 Å². The molecular weight excluding hydrogens is 174 g/mol. The number of anilines is 1. The number of pyridine rings is 1. The van der Waals surface area contributed by atoms with Crippen LogP contribution >= 0.6 is 0 Å². The SMILES string of the molecule is CC1(Nc2ncccc2C#N)CCC1. The third-order valence-electron chi connectivity index (χ3n) is 2.81. The summed E-state index contributed by atoms with van der Waals surface area (Å²) in [5, 5.41) is 12.2. The zero-order valence-corrected chi connectivity index (χ0v) is 8.25. The Morgan fingerprint density at radius 2 is 2.36 bits per heavy atom. The van der Waals surface area contributed by atoms with Gasteiger partial charge in [0, 0.05) is 11.7 Å². The summed E-state index contributed by atoms with van der Waals surface area (Å²) >= 11 is 0. The Morgan fingerprint density at radius 1 is 1.57 bits per heavy atom. The summed E-state index contributed by atoms with van der Waals surface area (Å²) in [5.41, 5.74) is 0.778. The first-order valence-electron chi connectivity index (χ1n) is 4.87. The Hall–Kier alpha value is -1.56. The zero-order valence-electron chi connectivity index (χ0n) is 8.25. The van der Waals surface area contributed by atoms with Gasteiger partial charge in [0.05, 0.1) is 5.56 Å². The van der Waals surface area contributed by atoms with Crippen molar-refractivity contribution in [3.05, 3.63) is 23.9 Å². The fourth-order valence-electron chi connectivity index (χ4n) is 1.71. The highest BCUT2D eigenvalue weighted by Gasteiger charge is 2.32. The van der Waals surface area contributed by atoms with Gasteiger partial charge in [-0.3, -0.25) is 0 Å². The van der Waals surface area contributed by atoms with E-state index in [-0.39, 0.29) is 5.54 Å². The van der Waals surface area contributed by atoms with Crippen molar-refractivity contribution in [3.8, 4) is 6.07 Å². The normalized spacial score (nSPS) is 18.0. The van der Waals surface area contributed by atoms with Crippen LogP contribution in [0.1, 0.15) is 31.7 Å². The second-order valence-electron chi connectivity index (χ2n) is 4.05. The molecule has 0 spiro atoms. The maximum Gasteiger partial charge on any atom is 0.144 e. The van der Waals surface area contributed by atoms with E-state index < -0.39 is 0 Å². The van der Waals surface area contributed by atoms with Gasteiger partial charge in [-0.1, -0.05) is 0 Å². The van der Waals surface area contributed by atoms with E-state index >= 15 is 0 Å². The maximum absolute atomic E-state index is 8.88. The van der Waals surface area contributed by atoms with Crippen molar-refractivity contribution in [2.24, 2.45) is 0 Å². The second-order valence-corrected chi connectivity index (χ2v) is 4.05. The van der Waals surface area contributed by atoms with E-state index in [1.54, 1.807) is 18.3 Å². The molecule has 1 saturated carbocycles. The molecule has 0 saturated heterocycles. The Balaban J connectivity index is 2.20. The molecule has 2 rings (SSSR count). The van der Waals surface area contributed by atoms with Crippen LogP contribution in [0.4, 0.5) is 5.82 Å². The molecule has 0 bridgehead atoms. The van der Waals surface area contributed by atoms with Crippen LogP contribution < -0.4 is 5.32 Å². The Kier molecular flexibility index (Phi) is 2.12. The Morgan fingerprint density at radius 3 is 2.93 bits per heavy atom. The molecule has 0 aromatic carbocycles. The average Bonchev–Trinajstić information content (AvgIpc) is 2.16. The van der Waals surface area contributed by atoms with Gasteiger partial charge in [0.2, 0.25) is 0 Å². The average molecular weight is 187 g/mol. The topological polar surface area (TPSA) is 48.7 Å². The predicted octanol–water partition coefficient (Wildman–Crippen LogP) is 2.31. The molecule has 0 radical (unpaired) electrons. The van der Waals surface area contributed by atoms with Crippen molar-refractivity contribution in [2.75, 3.05) is 5.32 Å². The molecule has 1 fully saturated rings. The lowest BCUT2D eigenvalue weighted by Crippen LogP contribution is -2.42. The van der Waals surface area contributed by atoms with Crippen LogP contribution in [0.2, 0.25) is 0 Å². The molecule has 1 aliphatic rings. The Labute approximate surface area is 83.8 Å². The van der Waals surface area contributed by atoms with E-state index in [4.69, 9.17) is 5.26 Å². The van der Waals surface area contributed by atoms with Crippen molar-refractivity contribution < 1.29 is 0 Å². The summed E-state index contributed by atoms with van der Waals surface area (Å²) in [6.07, 6.45) is 5.30. The van der Waals surface area contributed by atoms with Crippen molar-refractivity contribution in [3.63, 3.8) is 0 Å². The molecule has 0 amide bonds. The third kappa shape index (κ3) is 1.56. The molecule has 1 aromatic rings. The second kappa shape index (κ2) is 3.30. The smallest absolute Gasteiger partial charge is 0.144 e. The predicted molar refractivity (Wildman–Crippen MR) is 54.8 cm³/mol. The standard InChI is InChI=1S/C11H13N3/c1-11(5-3-6-11)14-10-9(8-12)4-2-7-13-10/h2,4,7H,3,5-6H2,1H3,(H,13,14). The summed E-state index contributed by atoms with van der Waals surface area (Å²) < 4.78 is 0. The van der Waals surface area contributed by atoms with Gasteiger partial charge in [-0.05, 0) is 38.3 Å². The monoisotopic (exact) mass is 187 g/mol. The minimum absolute atomic E-state index is 0.153. The van der Waals surface area contributed by atoms with Gasteiger partial charge in [0.1, 0.15) is 11.9 Å². The van der Waals surface area contributed by atoms with Crippen molar-refractivity contribution in [1.29, 1.82) is 5.26 Å². The number of nitriles is 1. The fraction of sp³-hybridized carbons (Fsp3) is 0.455. The highest BCUT2D eigenvalue weighted by Crippen LogP contribution is 2.34. The summed E-state index contributed by atoms with van der Waals surface area (Å²) in [6, 6.07) is 5.71. The summed E-state index contributed by atoms with van der Waals surface area (Å²) in [6.45, 7) is 2.17. The molecule has 14 heavy (non-hydrogen) atoms. The summed E-state index contributed by atoms with van der Waals surface area (Å²) in [7, 11) is 0. The lowest BCUT2D eigenvalue weighted by molar-refractivity contribution is 0.305. The lowest BCUT2D eigenvalue weighted by Gasteiger charge is -2.39. The first-order valence-corrected chi connectivity index (χ1v) is 4.87. The molecule has 3 nitrogen and oxygen atoms in total. The zero-order chi connectivity index (χ0) is 10.0. The molecular formula is C11H13N3. The van der Waals surface area contributed by atoms with E-state index in [9.17, 15) is 0 Å². The van der Waals surface area contributed by atoms with Crippen LogP contribution in [0.5, 0.6) is 0 Å². The van der Waals surface area contributed by atoms with E-state index in [1.807, 2.05) is 0 Å².